The molecule has 0 fully saturated rings. The third kappa shape index (κ3) is 2.83. The summed E-state index contributed by atoms with van der Waals surface area (Å²) in [5, 5.41) is 20.5. The van der Waals surface area contributed by atoms with Crippen molar-refractivity contribution in [3.05, 3.63) is 47.9 Å². The lowest BCUT2D eigenvalue weighted by atomic mass is 10.2. The standard InChI is InChI=1S/C12H9N3O4/c16-8-3-1-2-7(6-8)11(17)15-10-9(12(18)19)13-4-5-14-10/h1-6,16H,(H,18,19)(H,14,15,17). The highest BCUT2D eigenvalue weighted by Crippen LogP contribution is 2.14. The van der Waals surface area contributed by atoms with Crippen LogP contribution in [-0.2, 0) is 0 Å². The van der Waals surface area contributed by atoms with Crippen LogP contribution in [0, 0.1) is 0 Å². The molecule has 0 atom stereocenters. The maximum absolute atomic E-state index is 11.9. The maximum atomic E-state index is 11.9. The first kappa shape index (κ1) is 12.5. The number of aromatic nitrogens is 2. The van der Waals surface area contributed by atoms with Crippen molar-refractivity contribution in [3.63, 3.8) is 0 Å². The second-order valence-electron chi connectivity index (χ2n) is 3.56. The molecular formula is C12H9N3O4. The normalized spacial score (nSPS) is 9.89. The largest absolute Gasteiger partial charge is 0.508 e. The Balaban J connectivity index is 2.27. The predicted octanol–water partition coefficient (Wildman–Crippen LogP) is 1.13. The SMILES string of the molecule is O=C(Nc1nccnc1C(=O)O)c1cccc(O)c1. The van der Waals surface area contributed by atoms with Crippen LogP contribution in [0.4, 0.5) is 5.82 Å². The lowest BCUT2D eigenvalue weighted by Crippen LogP contribution is -2.16. The van der Waals surface area contributed by atoms with Crippen molar-refractivity contribution in [2.75, 3.05) is 5.32 Å². The van der Waals surface area contributed by atoms with Gasteiger partial charge in [-0.05, 0) is 18.2 Å². The van der Waals surface area contributed by atoms with Crippen LogP contribution in [-0.4, -0.2) is 32.1 Å². The Labute approximate surface area is 107 Å². The number of phenols is 1. The number of carbonyl (C=O) groups is 2. The van der Waals surface area contributed by atoms with Gasteiger partial charge in [-0.1, -0.05) is 6.07 Å². The van der Waals surface area contributed by atoms with Crippen molar-refractivity contribution in [1.82, 2.24) is 9.97 Å². The third-order valence-electron chi connectivity index (χ3n) is 2.24. The van der Waals surface area contributed by atoms with Crippen LogP contribution in [0.1, 0.15) is 20.8 Å². The van der Waals surface area contributed by atoms with E-state index in [1.807, 2.05) is 0 Å². The summed E-state index contributed by atoms with van der Waals surface area (Å²) < 4.78 is 0. The Bertz CT molecular complexity index is 642. The molecule has 7 nitrogen and oxygen atoms in total. The van der Waals surface area contributed by atoms with E-state index in [0.29, 0.717) is 0 Å². The molecule has 7 heteroatoms. The fourth-order valence-corrected chi connectivity index (χ4v) is 1.41. The molecular weight excluding hydrogens is 250 g/mol. The first-order valence-corrected chi connectivity index (χ1v) is 5.22. The number of rotatable bonds is 3. The zero-order valence-corrected chi connectivity index (χ0v) is 9.57. The lowest BCUT2D eigenvalue weighted by Gasteiger charge is -2.06. The fraction of sp³-hybridized carbons (Fsp3) is 0. The van der Waals surface area contributed by atoms with E-state index in [1.165, 1.54) is 36.7 Å². The summed E-state index contributed by atoms with van der Waals surface area (Å²) in [6.45, 7) is 0. The van der Waals surface area contributed by atoms with E-state index in [1.54, 1.807) is 0 Å². The van der Waals surface area contributed by atoms with Crippen LogP contribution in [0.2, 0.25) is 0 Å². The molecule has 0 aliphatic heterocycles. The number of nitrogens with one attached hydrogen (secondary N) is 1. The number of nitrogens with zero attached hydrogens (tertiary/aromatic N) is 2. The van der Waals surface area contributed by atoms with Gasteiger partial charge in [-0.3, -0.25) is 4.79 Å². The van der Waals surface area contributed by atoms with Crippen molar-refractivity contribution in [2.24, 2.45) is 0 Å². The van der Waals surface area contributed by atoms with Crippen LogP contribution in [0.25, 0.3) is 0 Å². The van der Waals surface area contributed by atoms with Gasteiger partial charge >= 0.3 is 5.97 Å². The average molecular weight is 259 g/mol. The number of carboxylic acids is 1. The van der Waals surface area contributed by atoms with Crippen LogP contribution in [0.5, 0.6) is 5.75 Å². The minimum Gasteiger partial charge on any atom is -0.508 e. The van der Waals surface area contributed by atoms with Gasteiger partial charge in [-0.2, -0.15) is 0 Å². The summed E-state index contributed by atoms with van der Waals surface area (Å²) in [5.41, 5.74) is -0.169. The van der Waals surface area contributed by atoms with Crippen molar-refractivity contribution in [1.29, 1.82) is 0 Å². The summed E-state index contributed by atoms with van der Waals surface area (Å²) in [5.74, 6) is -2.09. The smallest absolute Gasteiger partial charge is 0.358 e. The van der Waals surface area contributed by atoms with E-state index in [0.717, 1.165) is 0 Å². The summed E-state index contributed by atoms with van der Waals surface area (Å²) >= 11 is 0. The zero-order valence-electron chi connectivity index (χ0n) is 9.57. The number of hydrogen-bond acceptors (Lipinski definition) is 5. The van der Waals surface area contributed by atoms with E-state index in [-0.39, 0.29) is 22.8 Å². The number of anilines is 1. The van der Waals surface area contributed by atoms with Crippen molar-refractivity contribution in [2.45, 2.75) is 0 Å². The molecule has 1 aromatic heterocycles. The highest BCUT2D eigenvalue weighted by molar-refractivity contribution is 6.06. The number of phenolic OH excluding ortho intramolecular Hbond substituents is 1. The minimum absolute atomic E-state index is 0.0646. The molecule has 0 unspecified atom stereocenters. The Kier molecular flexibility index (Phi) is 3.37. The van der Waals surface area contributed by atoms with Gasteiger partial charge in [0, 0.05) is 18.0 Å². The number of aromatic hydroxyl groups is 1. The van der Waals surface area contributed by atoms with E-state index in [2.05, 4.69) is 15.3 Å². The Morgan fingerprint density at radius 3 is 2.58 bits per heavy atom. The molecule has 0 saturated heterocycles. The number of amides is 1. The van der Waals surface area contributed by atoms with E-state index in [4.69, 9.17) is 5.11 Å². The molecule has 0 radical (unpaired) electrons. The summed E-state index contributed by atoms with van der Waals surface area (Å²) in [6, 6.07) is 5.65. The Hall–Kier alpha value is -2.96. The molecule has 2 aromatic rings. The lowest BCUT2D eigenvalue weighted by molar-refractivity contribution is 0.0691. The second-order valence-corrected chi connectivity index (χ2v) is 3.56. The van der Waals surface area contributed by atoms with E-state index < -0.39 is 11.9 Å². The fourth-order valence-electron chi connectivity index (χ4n) is 1.41. The number of carboxylic acid groups (broad SMARTS) is 1. The molecule has 3 N–H and O–H groups in total. The molecule has 96 valence electrons. The van der Waals surface area contributed by atoms with E-state index in [9.17, 15) is 14.7 Å². The second kappa shape index (κ2) is 5.13. The highest BCUT2D eigenvalue weighted by atomic mass is 16.4. The zero-order chi connectivity index (χ0) is 13.8. The number of benzene rings is 1. The highest BCUT2D eigenvalue weighted by Gasteiger charge is 2.15. The Morgan fingerprint density at radius 2 is 1.89 bits per heavy atom. The minimum atomic E-state index is -1.29. The Morgan fingerprint density at radius 1 is 1.16 bits per heavy atom. The van der Waals surface area contributed by atoms with Crippen LogP contribution >= 0.6 is 0 Å². The summed E-state index contributed by atoms with van der Waals surface area (Å²) in [7, 11) is 0. The van der Waals surface area contributed by atoms with Crippen LogP contribution in [0.15, 0.2) is 36.7 Å². The van der Waals surface area contributed by atoms with Crippen LogP contribution in [0.3, 0.4) is 0 Å². The molecule has 0 aliphatic carbocycles. The molecule has 1 aromatic carbocycles. The molecule has 19 heavy (non-hydrogen) atoms. The molecule has 0 spiro atoms. The summed E-state index contributed by atoms with van der Waals surface area (Å²) in [6.07, 6.45) is 2.48. The first-order chi connectivity index (χ1) is 9.08. The van der Waals surface area contributed by atoms with Gasteiger partial charge in [0.25, 0.3) is 5.91 Å². The molecule has 1 amide bonds. The number of aromatic carboxylic acids is 1. The van der Waals surface area contributed by atoms with Gasteiger partial charge in [0.2, 0.25) is 0 Å². The molecule has 1 heterocycles. The molecule has 2 rings (SSSR count). The average Bonchev–Trinajstić information content (AvgIpc) is 2.39. The quantitative estimate of drug-likeness (QED) is 0.761. The monoisotopic (exact) mass is 259 g/mol. The third-order valence-corrected chi connectivity index (χ3v) is 2.24. The summed E-state index contributed by atoms with van der Waals surface area (Å²) in [4.78, 5) is 30.1. The molecule has 0 saturated carbocycles. The van der Waals surface area contributed by atoms with Gasteiger partial charge in [-0.15, -0.1) is 0 Å². The van der Waals surface area contributed by atoms with E-state index >= 15 is 0 Å². The van der Waals surface area contributed by atoms with Gasteiger partial charge < -0.3 is 15.5 Å². The van der Waals surface area contributed by atoms with Gasteiger partial charge in [0.05, 0.1) is 0 Å². The van der Waals surface area contributed by atoms with Gasteiger partial charge in [0.1, 0.15) is 5.75 Å². The first-order valence-electron chi connectivity index (χ1n) is 5.22. The predicted molar refractivity (Wildman–Crippen MR) is 65.1 cm³/mol. The van der Waals surface area contributed by atoms with Crippen LogP contribution < -0.4 is 5.32 Å². The molecule has 0 aliphatic rings. The van der Waals surface area contributed by atoms with Gasteiger partial charge in [-0.25, -0.2) is 14.8 Å². The van der Waals surface area contributed by atoms with Crippen molar-refractivity contribution >= 4 is 17.7 Å². The molecule has 0 bridgehead atoms. The number of hydrogen-bond donors (Lipinski definition) is 3. The topological polar surface area (TPSA) is 112 Å². The number of carbonyl (C=O) groups excluding carboxylic acids is 1. The van der Waals surface area contributed by atoms with Gasteiger partial charge in [0.15, 0.2) is 11.5 Å². The maximum Gasteiger partial charge on any atom is 0.358 e. The van der Waals surface area contributed by atoms with Crippen molar-refractivity contribution in [3.8, 4) is 5.75 Å². The van der Waals surface area contributed by atoms with Crippen molar-refractivity contribution < 1.29 is 19.8 Å².